The molecule has 20 heavy (non-hydrogen) atoms. The number of rotatable bonds is 4. The Balaban J connectivity index is 2.13. The van der Waals surface area contributed by atoms with Crippen molar-refractivity contribution in [2.75, 3.05) is 12.8 Å². The van der Waals surface area contributed by atoms with Gasteiger partial charge in [-0.05, 0) is 51.1 Å². The number of nitrogens with zero attached hydrogens (tertiary/aromatic N) is 1. The minimum absolute atomic E-state index is 0.347. The lowest BCUT2D eigenvalue weighted by molar-refractivity contribution is 0.253. The van der Waals surface area contributed by atoms with E-state index in [4.69, 9.17) is 5.73 Å². The Morgan fingerprint density at radius 2 is 1.70 bits per heavy atom. The molecule has 106 valence electrons. The average Bonchev–Trinajstić information content (AvgIpc) is 2.36. The van der Waals surface area contributed by atoms with Crippen LogP contribution in [0.25, 0.3) is 0 Å². The van der Waals surface area contributed by atoms with E-state index >= 15 is 0 Å². The van der Waals surface area contributed by atoms with Crippen LogP contribution < -0.4 is 5.73 Å². The number of hydrogen-bond donors (Lipinski definition) is 1. The number of anilines is 1. The van der Waals surface area contributed by atoms with Gasteiger partial charge in [0.05, 0.1) is 0 Å². The molecule has 2 heteroatoms. The van der Waals surface area contributed by atoms with Crippen LogP contribution in [0.3, 0.4) is 0 Å². The molecule has 0 aromatic heterocycles. The first-order valence-electron chi connectivity index (χ1n) is 7.08. The van der Waals surface area contributed by atoms with Crippen LogP contribution in [0.15, 0.2) is 42.5 Å². The topological polar surface area (TPSA) is 29.3 Å². The van der Waals surface area contributed by atoms with Crippen molar-refractivity contribution in [2.45, 2.75) is 33.4 Å². The van der Waals surface area contributed by atoms with E-state index in [9.17, 15) is 0 Å². The second-order valence-electron chi connectivity index (χ2n) is 5.76. The number of hydrogen-bond acceptors (Lipinski definition) is 2. The van der Waals surface area contributed by atoms with Crippen molar-refractivity contribution < 1.29 is 0 Å². The number of benzene rings is 2. The van der Waals surface area contributed by atoms with Crippen molar-refractivity contribution in [3.05, 3.63) is 64.7 Å². The number of nitrogens with two attached hydrogens (primary N) is 1. The molecule has 0 fully saturated rings. The van der Waals surface area contributed by atoms with E-state index in [1.165, 1.54) is 22.3 Å². The first kappa shape index (κ1) is 14.6. The van der Waals surface area contributed by atoms with Crippen LogP contribution in [0.2, 0.25) is 0 Å². The minimum Gasteiger partial charge on any atom is -0.399 e. The fraction of sp³-hybridized carbons (Fsp3) is 0.333. The van der Waals surface area contributed by atoms with Gasteiger partial charge in [0.25, 0.3) is 0 Å². The first-order chi connectivity index (χ1) is 9.45. The van der Waals surface area contributed by atoms with Crippen LogP contribution in [0, 0.1) is 13.8 Å². The highest BCUT2D eigenvalue weighted by Crippen LogP contribution is 2.22. The van der Waals surface area contributed by atoms with Crippen molar-refractivity contribution >= 4 is 5.69 Å². The second kappa shape index (κ2) is 6.10. The normalized spacial score (nSPS) is 12.7. The molecule has 0 radical (unpaired) electrons. The zero-order valence-electron chi connectivity index (χ0n) is 12.9. The molecule has 0 aliphatic heterocycles. The molecule has 2 aromatic carbocycles. The Morgan fingerprint density at radius 1 is 1.05 bits per heavy atom. The molecule has 0 aliphatic rings. The van der Waals surface area contributed by atoms with E-state index in [2.05, 4.69) is 63.1 Å². The van der Waals surface area contributed by atoms with Crippen LogP contribution in [0.1, 0.15) is 35.2 Å². The molecule has 0 aliphatic carbocycles. The van der Waals surface area contributed by atoms with E-state index < -0.39 is 0 Å². The molecule has 1 atom stereocenters. The predicted molar refractivity (Wildman–Crippen MR) is 86.7 cm³/mol. The van der Waals surface area contributed by atoms with Crippen LogP contribution in [0.5, 0.6) is 0 Å². The smallest absolute Gasteiger partial charge is 0.0321 e. The van der Waals surface area contributed by atoms with Crippen molar-refractivity contribution in [1.29, 1.82) is 0 Å². The van der Waals surface area contributed by atoms with Crippen LogP contribution in [-0.2, 0) is 6.54 Å². The molecule has 1 unspecified atom stereocenters. The van der Waals surface area contributed by atoms with Gasteiger partial charge in [0.1, 0.15) is 0 Å². The molecule has 2 N–H and O–H groups in total. The van der Waals surface area contributed by atoms with E-state index in [0.29, 0.717) is 6.04 Å². The van der Waals surface area contributed by atoms with E-state index in [0.717, 1.165) is 12.2 Å². The van der Waals surface area contributed by atoms with Gasteiger partial charge < -0.3 is 5.73 Å². The number of aryl methyl sites for hydroxylation is 2. The van der Waals surface area contributed by atoms with Crippen molar-refractivity contribution in [3.63, 3.8) is 0 Å². The number of nitrogen functional groups attached to an aromatic ring is 1. The van der Waals surface area contributed by atoms with Crippen LogP contribution >= 0.6 is 0 Å². The SMILES string of the molecule is Cc1cc(C)cc(CN(C)C(C)c2cccc(N)c2)c1. The summed E-state index contributed by atoms with van der Waals surface area (Å²) in [4.78, 5) is 2.35. The summed E-state index contributed by atoms with van der Waals surface area (Å²) in [6, 6.07) is 15.2. The molecular formula is C18H24N2. The third-order valence-corrected chi connectivity index (χ3v) is 3.77. The molecule has 0 heterocycles. The lowest BCUT2D eigenvalue weighted by atomic mass is 10.0. The Labute approximate surface area is 122 Å². The molecule has 0 saturated heterocycles. The van der Waals surface area contributed by atoms with E-state index in [1.54, 1.807) is 0 Å². The summed E-state index contributed by atoms with van der Waals surface area (Å²) >= 11 is 0. The molecule has 0 spiro atoms. The minimum atomic E-state index is 0.347. The average molecular weight is 268 g/mol. The van der Waals surface area contributed by atoms with Gasteiger partial charge in [0.2, 0.25) is 0 Å². The largest absolute Gasteiger partial charge is 0.399 e. The highest BCUT2D eigenvalue weighted by Gasteiger charge is 2.12. The van der Waals surface area contributed by atoms with Crippen molar-refractivity contribution in [2.24, 2.45) is 0 Å². The fourth-order valence-electron chi connectivity index (χ4n) is 2.66. The van der Waals surface area contributed by atoms with Gasteiger partial charge in [0.15, 0.2) is 0 Å². The molecular weight excluding hydrogens is 244 g/mol. The molecule has 2 nitrogen and oxygen atoms in total. The summed E-state index contributed by atoms with van der Waals surface area (Å²) in [7, 11) is 2.16. The Bertz CT molecular complexity index is 569. The third kappa shape index (κ3) is 3.61. The Kier molecular flexibility index (Phi) is 4.46. The van der Waals surface area contributed by atoms with Gasteiger partial charge in [-0.1, -0.05) is 41.5 Å². The summed E-state index contributed by atoms with van der Waals surface area (Å²) in [6.07, 6.45) is 0. The summed E-state index contributed by atoms with van der Waals surface area (Å²) < 4.78 is 0. The quantitative estimate of drug-likeness (QED) is 0.847. The van der Waals surface area contributed by atoms with Crippen molar-refractivity contribution in [3.8, 4) is 0 Å². The maximum atomic E-state index is 5.87. The van der Waals surface area contributed by atoms with Crippen molar-refractivity contribution in [1.82, 2.24) is 4.90 Å². The van der Waals surface area contributed by atoms with Gasteiger partial charge >= 0.3 is 0 Å². The lowest BCUT2D eigenvalue weighted by Crippen LogP contribution is -2.22. The third-order valence-electron chi connectivity index (χ3n) is 3.77. The van der Waals surface area contributed by atoms with E-state index in [-0.39, 0.29) is 0 Å². The monoisotopic (exact) mass is 268 g/mol. The standard InChI is InChI=1S/C18H24N2/c1-13-8-14(2)10-16(9-13)12-20(4)15(3)17-6-5-7-18(19)11-17/h5-11,15H,12,19H2,1-4H3. The van der Waals surface area contributed by atoms with Crippen LogP contribution in [-0.4, -0.2) is 11.9 Å². The summed E-state index contributed by atoms with van der Waals surface area (Å²) in [5.74, 6) is 0. The maximum absolute atomic E-state index is 5.87. The Morgan fingerprint density at radius 3 is 2.30 bits per heavy atom. The van der Waals surface area contributed by atoms with E-state index in [1.807, 2.05) is 12.1 Å². The predicted octanol–water partition coefficient (Wildman–Crippen LogP) is 4.08. The molecule has 2 aromatic rings. The van der Waals surface area contributed by atoms with Crippen LogP contribution in [0.4, 0.5) is 5.69 Å². The first-order valence-corrected chi connectivity index (χ1v) is 7.08. The highest BCUT2D eigenvalue weighted by atomic mass is 15.1. The maximum Gasteiger partial charge on any atom is 0.0321 e. The van der Waals surface area contributed by atoms with Gasteiger partial charge in [-0.15, -0.1) is 0 Å². The molecule has 0 saturated carbocycles. The molecule has 0 bridgehead atoms. The summed E-state index contributed by atoms with van der Waals surface area (Å²) in [5, 5.41) is 0. The molecule has 0 amide bonds. The van der Waals surface area contributed by atoms with Gasteiger partial charge in [-0.3, -0.25) is 4.90 Å². The highest BCUT2D eigenvalue weighted by molar-refractivity contribution is 5.41. The molecule has 2 rings (SSSR count). The van der Waals surface area contributed by atoms with Gasteiger partial charge in [0, 0.05) is 18.3 Å². The van der Waals surface area contributed by atoms with Gasteiger partial charge in [-0.25, -0.2) is 0 Å². The summed E-state index contributed by atoms with van der Waals surface area (Å²) in [5.41, 5.74) is 12.0. The summed E-state index contributed by atoms with van der Waals surface area (Å²) in [6.45, 7) is 7.46. The Hall–Kier alpha value is -1.80. The second-order valence-corrected chi connectivity index (χ2v) is 5.76. The van der Waals surface area contributed by atoms with Gasteiger partial charge in [-0.2, -0.15) is 0 Å². The lowest BCUT2D eigenvalue weighted by Gasteiger charge is -2.25. The zero-order chi connectivity index (χ0) is 14.7. The fourth-order valence-corrected chi connectivity index (χ4v) is 2.66. The zero-order valence-corrected chi connectivity index (χ0v) is 12.9.